The molecule has 10 heteroatoms. The van der Waals surface area contributed by atoms with Gasteiger partial charge in [-0.25, -0.2) is 8.42 Å². The second-order valence-corrected chi connectivity index (χ2v) is 13.0. The van der Waals surface area contributed by atoms with Gasteiger partial charge < -0.3 is 15.7 Å². The quantitative estimate of drug-likeness (QED) is 0.315. The number of nitrogens with zero attached hydrogens (tertiary/aromatic N) is 2. The van der Waals surface area contributed by atoms with Crippen molar-refractivity contribution >= 4 is 27.5 Å². The highest BCUT2D eigenvalue weighted by Gasteiger charge is 2.28. The molecule has 0 fully saturated rings. The van der Waals surface area contributed by atoms with E-state index in [-0.39, 0.29) is 35.5 Å². The molecule has 218 valence electrons. The number of nitriles is 1. The summed E-state index contributed by atoms with van der Waals surface area (Å²) in [6.45, 7) is 9.29. The van der Waals surface area contributed by atoms with E-state index in [9.17, 15) is 28.4 Å². The van der Waals surface area contributed by atoms with Gasteiger partial charge in [0, 0.05) is 18.5 Å². The van der Waals surface area contributed by atoms with Crippen LogP contribution in [0.15, 0.2) is 54.6 Å². The number of hydrogen-bond acceptors (Lipinski definition) is 6. The predicted molar refractivity (Wildman–Crippen MR) is 157 cm³/mol. The van der Waals surface area contributed by atoms with Crippen molar-refractivity contribution in [2.45, 2.75) is 71.4 Å². The number of aliphatic hydroxyl groups is 1. The molecular weight excluding hydrogens is 528 g/mol. The Labute approximate surface area is 238 Å². The van der Waals surface area contributed by atoms with Gasteiger partial charge in [0.1, 0.15) is 6.04 Å². The van der Waals surface area contributed by atoms with E-state index in [1.54, 1.807) is 49.4 Å². The molecule has 0 aliphatic carbocycles. The minimum atomic E-state index is -3.70. The molecular formula is C30H42N4O5S. The van der Waals surface area contributed by atoms with Gasteiger partial charge in [-0.3, -0.25) is 13.9 Å². The smallest absolute Gasteiger partial charge is 0.251 e. The van der Waals surface area contributed by atoms with Gasteiger partial charge in [0.2, 0.25) is 15.9 Å². The topological polar surface area (TPSA) is 140 Å². The zero-order valence-corrected chi connectivity index (χ0v) is 25.0. The number of hydrogen-bond donors (Lipinski definition) is 3. The molecule has 0 aliphatic heterocycles. The lowest BCUT2D eigenvalue weighted by Gasteiger charge is -2.28. The van der Waals surface area contributed by atoms with E-state index in [4.69, 9.17) is 0 Å². The Morgan fingerprint density at radius 3 is 2.20 bits per heavy atom. The maximum atomic E-state index is 13.2. The van der Waals surface area contributed by atoms with Crippen molar-refractivity contribution in [1.29, 1.82) is 5.26 Å². The van der Waals surface area contributed by atoms with Gasteiger partial charge in [0.15, 0.2) is 0 Å². The van der Waals surface area contributed by atoms with E-state index in [1.807, 2.05) is 33.8 Å². The largest absolute Gasteiger partial charge is 0.391 e. The molecule has 0 heterocycles. The summed E-state index contributed by atoms with van der Waals surface area (Å²) in [5, 5.41) is 25.9. The van der Waals surface area contributed by atoms with Gasteiger partial charge in [0.25, 0.3) is 5.91 Å². The van der Waals surface area contributed by atoms with E-state index in [0.29, 0.717) is 17.7 Å². The number of benzene rings is 2. The molecule has 0 saturated heterocycles. The summed E-state index contributed by atoms with van der Waals surface area (Å²) in [7, 11) is -2.25. The number of aliphatic hydroxyl groups excluding tert-OH is 1. The first-order chi connectivity index (χ1) is 18.7. The van der Waals surface area contributed by atoms with Crippen molar-refractivity contribution in [2.24, 2.45) is 17.8 Å². The standard InChI is InChI=1S/C30H42N4O5S/c1-20(2)15-26(28(35)16-22(5)29(36)33-27(18-31)21(3)4)32-30(37)24-13-10-14-25(17-24)34(6)40(38,39)19-23-11-8-7-9-12-23/h7-14,17,20-22,26-28,35H,15-16,19H2,1-6H3,(H,32,37)(H,33,36)/t22-,26+,27-,28+/m1/s1. The van der Waals surface area contributed by atoms with Crippen LogP contribution in [-0.2, 0) is 20.6 Å². The van der Waals surface area contributed by atoms with Crippen molar-refractivity contribution in [3.8, 4) is 6.07 Å². The first-order valence-electron chi connectivity index (χ1n) is 13.5. The molecule has 4 atom stereocenters. The SMILES string of the molecule is CC(C)C[C@H](NC(=O)c1cccc(N(C)S(=O)(=O)Cc2ccccc2)c1)[C@@H](O)C[C@@H](C)C(=O)N[C@H](C#N)C(C)C. The minimum Gasteiger partial charge on any atom is -0.391 e. The molecule has 0 unspecified atom stereocenters. The molecule has 2 amide bonds. The van der Waals surface area contributed by atoms with Crippen LogP contribution in [0.3, 0.4) is 0 Å². The Morgan fingerprint density at radius 1 is 0.975 bits per heavy atom. The lowest BCUT2D eigenvalue weighted by atomic mass is 9.92. The predicted octanol–water partition coefficient (Wildman–Crippen LogP) is 3.85. The van der Waals surface area contributed by atoms with Gasteiger partial charge in [-0.1, -0.05) is 71.0 Å². The zero-order valence-electron chi connectivity index (χ0n) is 24.2. The molecule has 2 rings (SSSR count). The molecule has 0 aromatic heterocycles. The van der Waals surface area contributed by atoms with E-state index in [0.717, 1.165) is 4.31 Å². The van der Waals surface area contributed by atoms with Gasteiger partial charge >= 0.3 is 0 Å². The van der Waals surface area contributed by atoms with Crippen molar-refractivity contribution in [1.82, 2.24) is 10.6 Å². The fraction of sp³-hybridized carbons (Fsp3) is 0.500. The summed E-state index contributed by atoms with van der Waals surface area (Å²) in [6.07, 6.45) is -0.442. The van der Waals surface area contributed by atoms with Crippen LogP contribution in [0.1, 0.15) is 63.4 Å². The third kappa shape index (κ3) is 9.65. The number of anilines is 1. The first-order valence-corrected chi connectivity index (χ1v) is 15.2. The normalized spacial score (nSPS) is 14.6. The molecule has 0 radical (unpaired) electrons. The average Bonchev–Trinajstić information content (AvgIpc) is 2.90. The third-order valence-electron chi connectivity index (χ3n) is 6.73. The molecule has 2 aromatic rings. The maximum absolute atomic E-state index is 13.2. The minimum absolute atomic E-state index is 0.0535. The molecule has 2 aromatic carbocycles. The average molecular weight is 571 g/mol. The number of amides is 2. The Morgan fingerprint density at radius 2 is 1.62 bits per heavy atom. The van der Waals surface area contributed by atoms with Gasteiger partial charge in [-0.05, 0) is 48.4 Å². The van der Waals surface area contributed by atoms with Crippen molar-refractivity contribution in [2.75, 3.05) is 11.4 Å². The number of sulfonamides is 1. The molecule has 9 nitrogen and oxygen atoms in total. The van der Waals surface area contributed by atoms with Gasteiger partial charge in [-0.15, -0.1) is 0 Å². The summed E-state index contributed by atoms with van der Waals surface area (Å²) in [4.78, 5) is 25.9. The molecule has 40 heavy (non-hydrogen) atoms. The molecule has 0 aliphatic rings. The van der Waals surface area contributed by atoms with Crippen LogP contribution in [0.2, 0.25) is 0 Å². The van der Waals surface area contributed by atoms with Gasteiger partial charge in [-0.2, -0.15) is 5.26 Å². The number of carbonyl (C=O) groups is 2. The van der Waals surface area contributed by atoms with Crippen molar-refractivity contribution in [3.63, 3.8) is 0 Å². The van der Waals surface area contributed by atoms with Crippen molar-refractivity contribution in [3.05, 3.63) is 65.7 Å². The summed E-state index contributed by atoms with van der Waals surface area (Å²) in [6, 6.07) is 16.0. The second-order valence-electron chi connectivity index (χ2n) is 11.0. The molecule has 3 N–H and O–H groups in total. The second kappa shape index (κ2) is 14.8. The van der Waals surface area contributed by atoms with Crippen LogP contribution in [0.5, 0.6) is 0 Å². The van der Waals surface area contributed by atoms with Gasteiger partial charge in [0.05, 0.1) is 29.7 Å². The van der Waals surface area contributed by atoms with Crippen LogP contribution in [0.4, 0.5) is 5.69 Å². The van der Waals surface area contributed by atoms with Crippen LogP contribution >= 0.6 is 0 Å². The highest BCUT2D eigenvalue weighted by molar-refractivity contribution is 7.92. The third-order valence-corrected chi connectivity index (χ3v) is 8.48. The Hall–Kier alpha value is -3.42. The van der Waals surface area contributed by atoms with E-state index in [1.165, 1.54) is 13.1 Å². The monoisotopic (exact) mass is 570 g/mol. The Kier molecular flexibility index (Phi) is 12.1. The van der Waals surface area contributed by atoms with E-state index in [2.05, 4.69) is 16.7 Å². The molecule has 0 saturated carbocycles. The Bertz CT molecular complexity index is 1270. The number of carbonyl (C=O) groups excluding carboxylic acids is 2. The molecule has 0 spiro atoms. The lowest BCUT2D eigenvalue weighted by molar-refractivity contribution is -0.126. The Balaban J connectivity index is 2.14. The summed E-state index contributed by atoms with van der Waals surface area (Å²) < 4.78 is 27.1. The van der Waals surface area contributed by atoms with Crippen LogP contribution in [-0.4, -0.2) is 50.6 Å². The summed E-state index contributed by atoms with van der Waals surface area (Å²) in [5.74, 6) is -1.46. The van der Waals surface area contributed by atoms with E-state index < -0.39 is 40.0 Å². The van der Waals surface area contributed by atoms with Crippen LogP contribution < -0.4 is 14.9 Å². The first kappa shape index (κ1) is 32.8. The highest BCUT2D eigenvalue weighted by atomic mass is 32.2. The number of nitrogens with one attached hydrogen (secondary N) is 2. The van der Waals surface area contributed by atoms with E-state index >= 15 is 0 Å². The fourth-order valence-electron chi connectivity index (χ4n) is 4.23. The zero-order chi connectivity index (χ0) is 30.0. The maximum Gasteiger partial charge on any atom is 0.251 e. The highest BCUT2D eigenvalue weighted by Crippen LogP contribution is 2.22. The molecule has 0 bridgehead atoms. The lowest BCUT2D eigenvalue weighted by Crippen LogP contribution is -2.47. The van der Waals surface area contributed by atoms with Crippen molar-refractivity contribution < 1.29 is 23.1 Å². The fourth-order valence-corrected chi connectivity index (χ4v) is 5.48. The number of rotatable bonds is 14. The summed E-state index contributed by atoms with van der Waals surface area (Å²) in [5.41, 5.74) is 1.25. The van der Waals surface area contributed by atoms with Crippen LogP contribution in [0, 0.1) is 29.1 Å². The van der Waals surface area contributed by atoms with Crippen LogP contribution in [0.25, 0.3) is 0 Å². The summed E-state index contributed by atoms with van der Waals surface area (Å²) >= 11 is 0.